The van der Waals surface area contributed by atoms with Gasteiger partial charge < -0.3 is 15.2 Å². The van der Waals surface area contributed by atoms with Crippen molar-refractivity contribution < 1.29 is 15.2 Å². The van der Waals surface area contributed by atoms with Crippen molar-refractivity contribution in [3.8, 4) is 5.75 Å². The Kier molecular flexibility index (Phi) is 7.09. The van der Waals surface area contributed by atoms with E-state index < -0.39 is 6.10 Å². The molecule has 23 heavy (non-hydrogen) atoms. The van der Waals surface area contributed by atoms with Crippen LogP contribution in [-0.4, -0.2) is 29.9 Å². The maximum atomic E-state index is 10.3. The average Bonchev–Trinajstić information content (AvgIpc) is 2.49. The third kappa shape index (κ3) is 5.82. The number of ether oxygens (including phenoxy) is 1. The number of nitrogens with two attached hydrogens (primary N) is 1. The van der Waals surface area contributed by atoms with Gasteiger partial charge in [-0.15, -0.1) is 0 Å². The summed E-state index contributed by atoms with van der Waals surface area (Å²) in [6, 6.07) is 8.15. The molecule has 3 N–H and O–H groups in total. The van der Waals surface area contributed by atoms with Crippen LogP contribution in [0.2, 0.25) is 0 Å². The Bertz CT molecular complexity index is 477. The first kappa shape index (κ1) is 20.0. The fourth-order valence-corrected chi connectivity index (χ4v) is 2.23. The van der Waals surface area contributed by atoms with Crippen molar-refractivity contribution in [2.24, 2.45) is 5.41 Å². The second kappa shape index (κ2) is 8.16. The summed E-state index contributed by atoms with van der Waals surface area (Å²) in [5, 5.41) is 12.5. The number of para-hydroxylation sites is 1. The van der Waals surface area contributed by atoms with Crippen LogP contribution in [0.3, 0.4) is 0 Å². The van der Waals surface area contributed by atoms with Crippen LogP contribution in [0.25, 0.3) is 0 Å². The molecule has 0 saturated carbocycles. The van der Waals surface area contributed by atoms with Gasteiger partial charge in [-0.3, -0.25) is 0 Å². The molecule has 2 atom stereocenters. The first-order valence-electron chi connectivity index (χ1n) is 8.82. The molecule has 0 aliphatic carbocycles. The average molecular weight is 323 g/mol. The minimum absolute atomic E-state index is 0.0720. The fourth-order valence-electron chi connectivity index (χ4n) is 2.23. The van der Waals surface area contributed by atoms with Crippen LogP contribution < -0.4 is 10.1 Å². The molecule has 0 unspecified atom stereocenters. The van der Waals surface area contributed by atoms with Gasteiger partial charge >= 0.3 is 0 Å². The fraction of sp³-hybridized carbons (Fsp3) is 0.700. The third-order valence-corrected chi connectivity index (χ3v) is 5.33. The van der Waals surface area contributed by atoms with E-state index >= 15 is 0 Å². The van der Waals surface area contributed by atoms with Gasteiger partial charge in [-0.05, 0) is 37.8 Å². The maximum Gasteiger partial charge on any atom is 0.137 e. The van der Waals surface area contributed by atoms with Crippen molar-refractivity contribution in [2.75, 3.05) is 13.2 Å². The standard InChI is InChI=1S/C20H35NO2/c1-8-15(2)17-11-9-10-12-18(17)23-14-16(22)13-21-20(6,7)19(3,4)5/h9-12,15-16,21-22H,8,13-14H2,1-7H3/p+1/t15-,16+/m1/s1. The zero-order valence-corrected chi connectivity index (χ0v) is 16.0. The molecular weight excluding hydrogens is 286 g/mol. The topological polar surface area (TPSA) is 46.1 Å². The lowest BCUT2D eigenvalue weighted by molar-refractivity contribution is -0.738. The Balaban J connectivity index is 2.56. The van der Waals surface area contributed by atoms with E-state index in [1.807, 2.05) is 18.2 Å². The number of hydrogen-bond donors (Lipinski definition) is 2. The van der Waals surface area contributed by atoms with E-state index in [0.717, 1.165) is 12.2 Å². The molecule has 0 spiro atoms. The number of quaternary nitrogens is 1. The van der Waals surface area contributed by atoms with E-state index in [9.17, 15) is 5.11 Å². The largest absolute Gasteiger partial charge is 0.490 e. The van der Waals surface area contributed by atoms with Crippen LogP contribution >= 0.6 is 0 Å². The Morgan fingerprint density at radius 2 is 1.74 bits per heavy atom. The predicted octanol–water partition coefficient (Wildman–Crippen LogP) is 3.33. The van der Waals surface area contributed by atoms with Crippen LogP contribution in [0.15, 0.2) is 24.3 Å². The number of aliphatic hydroxyl groups is 1. The molecule has 0 radical (unpaired) electrons. The summed E-state index contributed by atoms with van der Waals surface area (Å²) in [5.74, 6) is 1.37. The van der Waals surface area contributed by atoms with Gasteiger partial charge in [0, 0.05) is 5.41 Å². The molecule has 0 aliphatic rings. The third-order valence-electron chi connectivity index (χ3n) is 5.33. The summed E-state index contributed by atoms with van der Waals surface area (Å²) in [5.41, 5.74) is 1.47. The first-order valence-corrected chi connectivity index (χ1v) is 8.82. The van der Waals surface area contributed by atoms with E-state index in [2.05, 4.69) is 59.8 Å². The molecule has 1 rings (SSSR count). The zero-order valence-electron chi connectivity index (χ0n) is 16.0. The van der Waals surface area contributed by atoms with Gasteiger partial charge in [0.1, 0.15) is 25.0 Å². The van der Waals surface area contributed by atoms with Gasteiger partial charge in [0.15, 0.2) is 0 Å². The quantitative estimate of drug-likeness (QED) is 0.771. The van der Waals surface area contributed by atoms with Crippen molar-refractivity contribution in [1.82, 2.24) is 0 Å². The molecule has 1 aromatic carbocycles. The SMILES string of the molecule is CC[C@@H](C)c1ccccc1OC[C@@H](O)C[NH2+]C(C)(C)C(C)(C)C. The van der Waals surface area contributed by atoms with E-state index in [1.165, 1.54) is 5.56 Å². The Morgan fingerprint density at radius 3 is 2.30 bits per heavy atom. The van der Waals surface area contributed by atoms with Gasteiger partial charge in [0.25, 0.3) is 0 Å². The smallest absolute Gasteiger partial charge is 0.137 e. The molecule has 132 valence electrons. The van der Waals surface area contributed by atoms with Gasteiger partial charge in [-0.1, -0.05) is 52.8 Å². The van der Waals surface area contributed by atoms with Crippen molar-refractivity contribution in [3.63, 3.8) is 0 Å². The number of rotatable bonds is 8. The second-order valence-electron chi connectivity index (χ2n) is 8.22. The summed E-state index contributed by atoms with van der Waals surface area (Å²) in [6.07, 6.45) is 0.609. The second-order valence-corrected chi connectivity index (χ2v) is 8.22. The molecule has 0 aliphatic heterocycles. The molecule has 0 fully saturated rings. The molecule has 0 heterocycles. The highest BCUT2D eigenvalue weighted by molar-refractivity contribution is 5.35. The van der Waals surface area contributed by atoms with Crippen molar-refractivity contribution in [1.29, 1.82) is 0 Å². The number of aliphatic hydroxyl groups excluding tert-OH is 1. The minimum atomic E-state index is -0.471. The lowest BCUT2D eigenvalue weighted by Gasteiger charge is -2.36. The monoisotopic (exact) mass is 322 g/mol. The van der Waals surface area contributed by atoms with Crippen molar-refractivity contribution in [2.45, 2.75) is 72.4 Å². The molecule has 1 aromatic rings. The van der Waals surface area contributed by atoms with Gasteiger partial charge in [-0.25, -0.2) is 0 Å². The maximum absolute atomic E-state index is 10.3. The summed E-state index contributed by atoms with van der Waals surface area (Å²) < 4.78 is 5.90. The molecule has 0 saturated heterocycles. The predicted molar refractivity (Wildman–Crippen MR) is 97.0 cm³/mol. The van der Waals surface area contributed by atoms with Gasteiger partial charge in [0.2, 0.25) is 0 Å². The molecule has 3 heteroatoms. The lowest BCUT2D eigenvalue weighted by atomic mass is 9.76. The molecule has 0 aromatic heterocycles. The van der Waals surface area contributed by atoms with Gasteiger partial charge in [-0.2, -0.15) is 0 Å². The van der Waals surface area contributed by atoms with Crippen LogP contribution in [0.1, 0.15) is 66.4 Å². The summed E-state index contributed by atoms with van der Waals surface area (Å²) in [4.78, 5) is 0. The Morgan fingerprint density at radius 1 is 1.13 bits per heavy atom. The highest BCUT2D eigenvalue weighted by atomic mass is 16.5. The van der Waals surface area contributed by atoms with E-state index in [0.29, 0.717) is 19.1 Å². The summed E-state index contributed by atoms with van der Waals surface area (Å²) >= 11 is 0. The van der Waals surface area contributed by atoms with Gasteiger partial charge in [0.05, 0.1) is 5.54 Å². The number of benzene rings is 1. The Hall–Kier alpha value is -1.06. The first-order chi connectivity index (χ1) is 10.6. The highest BCUT2D eigenvalue weighted by Crippen LogP contribution is 2.28. The van der Waals surface area contributed by atoms with Crippen molar-refractivity contribution in [3.05, 3.63) is 29.8 Å². The minimum Gasteiger partial charge on any atom is -0.490 e. The summed E-state index contributed by atoms with van der Waals surface area (Å²) in [7, 11) is 0. The van der Waals surface area contributed by atoms with Crippen LogP contribution in [0.4, 0.5) is 0 Å². The van der Waals surface area contributed by atoms with E-state index in [-0.39, 0.29) is 11.0 Å². The zero-order chi connectivity index (χ0) is 17.7. The highest BCUT2D eigenvalue weighted by Gasteiger charge is 2.36. The molecule has 0 amide bonds. The normalized spacial score (nSPS) is 15.3. The van der Waals surface area contributed by atoms with Crippen LogP contribution in [0.5, 0.6) is 5.75 Å². The molecular formula is C20H36NO2+. The lowest BCUT2D eigenvalue weighted by Crippen LogP contribution is -2.99. The van der Waals surface area contributed by atoms with E-state index in [1.54, 1.807) is 0 Å². The van der Waals surface area contributed by atoms with E-state index in [4.69, 9.17) is 4.74 Å². The molecule has 3 nitrogen and oxygen atoms in total. The van der Waals surface area contributed by atoms with Crippen molar-refractivity contribution >= 4 is 0 Å². The van der Waals surface area contributed by atoms with Crippen LogP contribution in [-0.2, 0) is 0 Å². The Labute approximate surface area is 142 Å². The van der Waals surface area contributed by atoms with Crippen LogP contribution in [0, 0.1) is 5.41 Å². The number of hydrogen-bond acceptors (Lipinski definition) is 2. The molecule has 0 bridgehead atoms. The summed E-state index contributed by atoms with van der Waals surface area (Å²) in [6.45, 7) is 16.5.